The topological polar surface area (TPSA) is 110 Å². The Hall–Kier alpha value is -3.88. The lowest BCUT2D eigenvalue weighted by Gasteiger charge is -2.07. The molecule has 4 rings (SSSR count). The highest BCUT2D eigenvalue weighted by molar-refractivity contribution is 8.18. The van der Waals surface area contributed by atoms with E-state index in [1.807, 2.05) is 36.4 Å². The van der Waals surface area contributed by atoms with Gasteiger partial charge in [0.25, 0.3) is 11.1 Å². The van der Waals surface area contributed by atoms with Crippen LogP contribution in [0.2, 0.25) is 5.02 Å². The summed E-state index contributed by atoms with van der Waals surface area (Å²) < 4.78 is 5.33. The summed E-state index contributed by atoms with van der Waals surface area (Å²) in [6.45, 7) is 0. The predicted octanol–water partition coefficient (Wildman–Crippen LogP) is 7.47. The van der Waals surface area contributed by atoms with Gasteiger partial charge in [0.15, 0.2) is 0 Å². The van der Waals surface area contributed by atoms with Gasteiger partial charge in [0, 0.05) is 18.9 Å². The third-order valence-corrected chi connectivity index (χ3v) is 7.16. The van der Waals surface area contributed by atoms with Crippen LogP contribution in [-0.4, -0.2) is 28.2 Å². The highest BCUT2D eigenvalue weighted by Gasteiger charge is 2.25. The number of carbonyl (C=O) groups is 4. The number of benzene rings is 3. The molecule has 214 valence electrons. The highest BCUT2D eigenvalue weighted by Crippen LogP contribution is 2.30. The molecule has 0 saturated carbocycles. The molecule has 0 atom stereocenters. The fourth-order valence-electron chi connectivity index (χ4n) is 3.93. The lowest BCUT2D eigenvalue weighted by molar-refractivity contribution is -0.137. The number of carbonyl (C=O) groups excluding carboxylic acids is 3. The molecule has 41 heavy (non-hydrogen) atoms. The first kappa shape index (κ1) is 31.6. The molecule has 1 saturated heterocycles. The molecule has 2 amide bonds. The number of thioether (sulfide) groups is 1. The van der Waals surface area contributed by atoms with Crippen LogP contribution in [0.4, 0.5) is 4.79 Å². The van der Waals surface area contributed by atoms with Gasteiger partial charge in [-0.1, -0.05) is 72.3 Å². The Balaban J connectivity index is 0.000000298. The third-order valence-electron chi connectivity index (χ3n) is 6.02. The Labute approximate surface area is 248 Å². The van der Waals surface area contributed by atoms with Crippen molar-refractivity contribution in [1.82, 2.24) is 5.32 Å². The molecule has 0 radical (unpaired) electrons. The number of hydrogen-bond acceptors (Lipinski definition) is 6. The number of amides is 2. The minimum Gasteiger partial charge on any atom is -0.481 e. The van der Waals surface area contributed by atoms with Gasteiger partial charge in [-0.15, -0.1) is 0 Å². The summed E-state index contributed by atoms with van der Waals surface area (Å²) >= 11 is 7.03. The zero-order valence-corrected chi connectivity index (χ0v) is 24.1. The van der Waals surface area contributed by atoms with E-state index in [1.54, 1.807) is 12.1 Å². The van der Waals surface area contributed by atoms with Gasteiger partial charge in [0.05, 0.1) is 9.93 Å². The molecule has 7 nitrogen and oxygen atoms in total. The first-order valence-corrected chi connectivity index (χ1v) is 14.5. The van der Waals surface area contributed by atoms with Crippen molar-refractivity contribution in [3.63, 3.8) is 0 Å². The number of unbranched alkanes of at least 4 members (excludes halogenated alkanes) is 2. The van der Waals surface area contributed by atoms with Crippen LogP contribution in [0.5, 0.6) is 5.75 Å². The van der Waals surface area contributed by atoms with Gasteiger partial charge in [-0.25, -0.2) is 0 Å². The molecule has 3 aromatic rings. The van der Waals surface area contributed by atoms with Crippen molar-refractivity contribution in [3.8, 4) is 5.75 Å². The molecular weight excluding hydrogens is 562 g/mol. The quantitative estimate of drug-likeness (QED) is 0.0970. The zero-order chi connectivity index (χ0) is 29.5. The molecule has 0 aromatic heterocycles. The van der Waals surface area contributed by atoms with Gasteiger partial charge in [0.2, 0.25) is 0 Å². The number of carboxylic acid groups (broad SMARTS) is 1. The number of aliphatic carboxylic acids is 1. The number of rotatable bonds is 12. The number of aryl methyl sites for hydroxylation is 2. The van der Waals surface area contributed by atoms with Crippen molar-refractivity contribution in [2.24, 2.45) is 0 Å². The molecule has 0 spiro atoms. The van der Waals surface area contributed by atoms with E-state index in [-0.39, 0.29) is 17.3 Å². The third kappa shape index (κ3) is 12.0. The van der Waals surface area contributed by atoms with Gasteiger partial charge in [-0.2, -0.15) is 0 Å². The molecule has 0 unspecified atom stereocenters. The Morgan fingerprint density at radius 1 is 0.829 bits per heavy atom. The van der Waals surface area contributed by atoms with E-state index in [0.29, 0.717) is 22.8 Å². The molecule has 2 N–H and O–H groups in total. The summed E-state index contributed by atoms with van der Waals surface area (Å²) in [5.74, 6) is -1.11. The number of hydrogen-bond donors (Lipinski definition) is 2. The highest BCUT2D eigenvalue weighted by atomic mass is 35.5. The van der Waals surface area contributed by atoms with Crippen molar-refractivity contribution in [1.29, 1.82) is 0 Å². The molecule has 0 aliphatic carbocycles. The van der Waals surface area contributed by atoms with Crippen LogP contribution in [0.15, 0.2) is 83.8 Å². The number of halogens is 1. The van der Waals surface area contributed by atoms with Crippen LogP contribution in [0.25, 0.3) is 6.08 Å². The largest absolute Gasteiger partial charge is 0.481 e. The minimum atomic E-state index is -0.701. The number of esters is 1. The minimum absolute atomic E-state index is 0.273. The molecule has 9 heteroatoms. The van der Waals surface area contributed by atoms with Crippen LogP contribution in [0.1, 0.15) is 55.2 Å². The smallest absolute Gasteiger partial charge is 0.311 e. The zero-order valence-electron chi connectivity index (χ0n) is 22.5. The summed E-state index contributed by atoms with van der Waals surface area (Å²) in [5, 5.41) is 10.5. The Morgan fingerprint density at radius 2 is 1.41 bits per heavy atom. The van der Waals surface area contributed by atoms with E-state index in [0.717, 1.165) is 50.3 Å². The van der Waals surface area contributed by atoms with Crippen molar-refractivity contribution in [3.05, 3.63) is 105 Å². The SMILES string of the molecule is O=C(CCCCc1ccccc1)Oc1ccc(/C=C2\SC(=O)NC2=O)c(Cl)c1.O=C(O)CCCCc1ccccc1. The van der Waals surface area contributed by atoms with Crippen LogP contribution in [0.3, 0.4) is 0 Å². The van der Waals surface area contributed by atoms with Crippen LogP contribution >= 0.6 is 23.4 Å². The summed E-state index contributed by atoms with van der Waals surface area (Å²) in [6.07, 6.45) is 7.42. The van der Waals surface area contributed by atoms with Crippen molar-refractivity contribution < 1.29 is 29.0 Å². The summed E-state index contributed by atoms with van der Waals surface area (Å²) in [5.41, 5.74) is 3.10. The summed E-state index contributed by atoms with van der Waals surface area (Å²) in [6, 6.07) is 25.0. The second-order valence-electron chi connectivity index (χ2n) is 9.29. The number of ether oxygens (including phenoxy) is 1. The maximum Gasteiger partial charge on any atom is 0.311 e. The monoisotopic (exact) mass is 593 g/mol. The standard InChI is InChI=1S/C21H18ClNO4S.C11H14O2/c22-17-13-16(11-10-15(17)12-18-20(25)23-21(26)28-18)27-19(24)9-5-4-8-14-6-2-1-3-7-14;12-11(13)9-5-4-8-10-6-2-1-3-7-10/h1-3,6-7,10-13H,4-5,8-9H2,(H,23,25,26);1-3,6-7H,4-5,8-9H2,(H,12,13)/b18-12-;. The molecule has 1 aliphatic heterocycles. The van der Waals surface area contributed by atoms with E-state index in [9.17, 15) is 19.2 Å². The Kier molecular flexibility index (Phi) is 13.2. The Morgan fingerprint density at radius 3 is 1.93 bits per heavy atom. The molecular formula is C32H32ClNO6S. The van der Waals surface area contributed by atoms with Gasteiger partial charge >= 0.3 is 11.9 Å². The van der Waals surface area contributed by atoms with Crippen LogP contribution < -0.4 is 10.1 Å². The van der Waals surface area contributed by atoms with E-state index < -0.39 is 17.1 Å². The van der Waals surface area contributed by atoms with Crippen molar-refractivity contribution in [2.45, 2.75) is 51.4 Å². The van der Waals surface area contributed by atoms with Gasteiger partial charge in [-0.05, 0) is 85.2 Å². The molecule has 0 bridgehead atoms. The van der Waals surface area contributed by atoms with E-state index >= 15 is 0 Å². The summed E-state index contributed by atoms with van der Waals surface area (Å²) in [7, 11) is 0. The maximum atomic E-state index is 12.0. The molecule has 1 heterocycles. The van der Waals surface area contributed by atoms with Crippen molar-refractivity contribution in [2.75, 3.05) is 0 Å². The summed E-state index contributed by atoms with van der Waals surface area (Å²) in [4.78, 5) is 45.3. The van der Waals surface area contributed by atoms with Crippen LogP contribution in [0, 0.1) is 0 Å². The van der Waals surface area contributed by atoms with E-state index in [4.69, 9.17) is 21.4 Å². The first-order chi connectivity index (χ1) is 19.8. The second-order valence-corrected chi connectivity index (χ2v) is 10.7. The average Bonchev–Trinajstić information content (AvgIpc) is 3.28. The fourth-order valence-corrected chi connectivity index (χ4v) is 4.82. The lowest BCUT2D eigenvalue weighted by atomic mass is 10.1. The Bertz CT molecular complexity index is 1360. The average molecular weight is 594 g/mol. The lowest BCUT2D eigenvalue weighted by Crippen LogP contribution is -2.17. The number of imide groups is 1. The molecule has 1 aliphatic rings. The number of carboxylic acids is 1. The second kappa shape index (κ2) is 17.0. The number of nitrogens with one attached hydrogen (secondary N) is 1. The predicted molar refractivity (Wildman–Crippen MR) is 162 cm³/mol. The fraction of sp³-hybridized carbons (Fsp3) is 0.250. The van der Waals surface area contributed by atoms with E-state index in [2.05, 4.69) is 29.6 Å². The normalized spacial score (nSPS) is 13.3. The van der Waals surface area contributed by atoms with Crippen molar-refractivity contribution >= 4 is 52.5 Å². The first-order valence-electron chi connectivity index (χ1n) is 13.3. The van der Waals surface area contributed by atoms with Gasteiger partial charge in [-0.3, -0.25) is 24.5 Å². The molecule has 1 fully saturated rings. The maximum absolute atomic E-state index is 12.0. The molecule has 3 aromatic carbocycles. The van der Waals surface area contributed by atoms with Gasteiger partial charge < -0.3 is 9.84 Å². The van der Waals surface area contributed by atoms with E-state index in [1.165, 1.54) is 23.3 Å². The van der Waals surface area contributed by atoms with Gasteiger partial charge in [0.1, 0.15) is 5.75 Å². The van der Waals surface area contributed by atoms with Crippen LogP contribution in [-0.2, 0) is 27.2 Å².